The van der Waals surface area contributed by atoms with E-state index >= 15 is 0 Å². The number of benzene rings is 1. The molecular formula is C14H18ClNO2. The Morgan fingerprint density at radius 2 is 2.11 bits per heavy atom. The Bertz CT molecular complexity index is 403. The van der Waals surface area contributed by atoms with Crippen molar-refractivity contribution in [2.75, 3.05) is 26.2 Å². The number of carbonyl (C=O) groups is 1. The molecule has 1 aromatic rings. The highest BCUT2D eigenvalue weighted by Gasteiger charge is 2.11. The molecule has 1 aliphatic rings. The maximum Gasteiger partial charge on any atom is 0.155 e. The van der Waals surface area contributed by atoms with Crippen LogP contribution < -0.4 is 4.74 Å². The molecule has 0 spiro atoms. The molecule has 4 heteroatoms. The molecule has 3 nitrogen and oxygen atoms in total. The van der Waals surface area contributed by atoms with E-state index in [9.17, 15) is 4.79 Å². The first-order valence-electron chi connectivity index (χ1n) is 6.40. The molecule has 0 atom stereocenters. The summed E-state index contributed by atoms with van der Waals surface area (Å²) in [4.78, 5) is 13.4. The smallest absolute Gasteiger partial charge is 0.155 e. The zero-order valence-electron chi connectivity index (χ0n) is 10.4. The molecule has 1 heterocycles. The first kappa shape index (κ1) is 13.4. The average molecular weight is 268 g/mol. The third kappa shape index (κ3) is 3.47. The van der Waals surface area contributed by atoms with E-state index in [1.165, 1.54) is 25.9 Å². The van der Waals surface area contributed by atoms with Crippen LogP contribution in [0.5, 0.6) is 5.75 Å². The van der Waals surface area contributed by atoms with E-state index in [-0.39, 0.29) is 0 Å². The molecule has 1 saturated heterocycles. The van der Waals surface area contributed by atoms with Gasteiger partial charge in [0.25, 0.3) is 0 Å². The van der Waals surface area contributed by atoms with E-state index in [4.69, 9.17) is 16.3 Å². The summed E-state index contributed by atoms with van der Waals surface area (Å²) in [5.74, 6) is 0.582. The van der Waals surface area contributed by atoms with Crippen molar-refractivity contribution in [2.24, 2.45) is 0 Å². The topological polar surface area (TPSA) is 29.5 Å². The number of carbonyl (C=O) groups excluding carboxylic acids is 1. The Labute approximate surface area is 113 Å². The molecule has 1 fully saturated rings. The first-order valence-corrected chi connectivity index (χ1v) is 6.78. The van der Waals surface area contributed by atoms with Gasteiger partial charge in [0.2, 0.25) is 0 Å². The zero-order valence-corrected chi connectivity index (χ0v) is 11.2. The summed E-state index contributed by atoms with van der Waals surface area (Å²) in [7, 11) is 0. The maximum atomic E-state index is 10.9. The Hall–Kier alpha value is -1.06. The molecule has 1 aliphatic heterocycles. The van der Waals surface area contributed by atoms with Gasteiger partial charge >= 0.3 is 0 Å². The zero-order chi connectivity index (χ0) is 12.8. The molecule has 1 aromatic carbocycles. The van der Waals surface area contributed by atoms with Crippen LogP contribution in [-0.2, 0) is 0 Å². The number of likely N-dealkylation sites (tertiary alicyclic amines) is 1. The van der Waals surface area contributed by atoms with Gasteiger partial charge < -0.3 is 9.64 Å². The second-order valence-corrected chi connectivity index (χ2v) is 4.93. The highest BCUT2D eigenvalue weighted by molar-refractivity contribution is 6.33. The van der Waals surface area contributed by atoms with Crippen molar-refractivity contribution < 1.29 is 9.53 Å². The quantitative estimate of drug-likeness (QED) is 0.586. The number of rotatable bonds is 6. The van der Waals surface area contributed by atoms with E-state index in [2.05, 4.69) is 4.90 Å². The van der Waals surface area contributed by atoms with Gasteiger partial charge in [-0.25, -0.2) is 0 Å². The fourth-order valence-corrected chi connectivity index (χ4v) is 2.44. The molecular weight excluding hydrogens is 250 g/mol. The van der Waals surface area contributed by atoms with Crippen LogP contribution in [0.25, 0.3) is 0 Å². The number of nitrogens with zero attached hydrogens (tertiary/aromatic N) is 1. The Balaban J connectivity index is 1.79. The molecule has 0 aromatic heterocycles. The average Bonchev–Trinajstić information content (AvgIpc) is 2.88. The minimum Gasteiger partial charge on any atom is -0.493 e. The van der Waals surface area contributed by atoms with Crippen LogP contribution in [-0.4, -0.2) is 37.4 Å². The third-order valence-electron chi connectivity index (χ3n) is 3.21. The lowest BCUT2D eigenvalue weighted by Gasteiger charge is -2.15. The highest BCUT2D eigenvalue weighted by Crippen LogP contribution is 2.24. The number of halogens is 1. The molecule has 0 bridgehead atoms. The molecule has 0 amide bonds. The predicted molar refractivity (Wildman–Crippen MR) is 72.6 cm³/mol. The minimum absolute atomic E-state index is 0.445. The van der Waals surface area contributed by atoms with Crippen molar-refractivity contribution >= 4 is 17.9 Å². The van der Waals surface area contributed by atoms with Crippen molar-refractivity contribution in [1.29, 1.82) is 0 Å². The fourth-order valence-electron chi connectivity index (χ4n) is 2.23. The predicted octanol–water partition coefficient (Wildman–Crippen LogP) is 3.02. The third-order valence-corrected chi connectivity index (χ3v) is 3.54. The normalized spacial score (nSPS) is 15.8. The van der Waals surface area contributed by atoms with Gasteiger partial charge in [-0.2, -0.15) is 0 Å². The van der Waals surface area contributed by atoms with Crippen LogP contribution in [0.3, 0.4) is 0 Å². The van der Waals surface area contributed by atoms with Crippen molar-refractivity contribution in [3.63, 3.8) is 0 Å². The highest BCUT2D eigenvalue weighted by atomic mass is 35.5. The number of aldehydes is 1. The summed E-state index contributed by atoms with van der Waals surface area (Å²) in [6.07, 6.45) is 4.35. The van der Waals surface area contributed by atoms with E-state index in [1.807, 2.05) is 0 Å². The second-order valence-electron chi connectivity index (χ2n) is 4.52. The van der Waals surface area contributed by atoms with Gasteiger partial charge in [-0.1, -0.05) is 17.7 Å². The van der Waals surface area contributed by atoms with Gasteiger partial charge in [0.1, 0.15) is 5.75 Å². The standard InChI is InChI=1S/C14H18ClNO2/c15-13-5-3-6-14(12(13)11-17)18-10-4-9-16-7-1-2-8-16/h3,5-6,11H,1-2,4,7-10H2. The summed E-state index contributed by atoms with van der Waals surface area (Å²) in [6.45, 7) is 4.10. The number of hydrogen-bond donors (Lipinski definition) is 0. The van der Waals surface area contributed by atoms with E-state index in [0.717, 1.165) is 19.3 Å². The summed E-state index contributed by atoms with van der Waals surface area (Å²) < 4.78 is 5.63. The van der Waals surface area contributed by atoms with Crippen LogP contribution in [0, 0.1) is 0 Å². The lowest BCUT2D eigenvalue weighted by atomic mass is 10.2. The van der Waals surface area contributed by atoms with E-state index in [0.29, 0.717) is 22.9 Å². The van der Waals surface area contributed by atoms with Crippen LogP contribution in [0.4, 0.5) is 0 Å². The summed E-state index contributed by atoms with van der Waals surface area (Å²) in [5.41, 5.74) is 0.445. The van der Waals surface area contributed by atoms with Gasteiger partial charge in [0.15, 0.2) is 6.29 Å². The van der Waals surface area contributed by atoms with Crippen LogP contribution in [0.2, 0.25) is 5.02 Å². The molecule has 0 N–H and O–H groups in total. The number of ether oxygens (including phenoxy) is 1. The lowest BCUT2D eigenvalue weighted by molar-refractivity contribution is 0.111. The fraction of sp³-hybridized carbons (Fsp3) is 0.500. The van der Waals surface area contributed by atoms with Crippen molar-refractivity contribution in [1.82, 2.24) is 4.90 Å². The van der Waals surface area contributed by atoms with Crippen LogP contribution >= 0.6 is 11.6 Å². The molecule has 98 valence electrons. The molecule has 0 radical (unpaired) electrons. The molecule has 2 rings (SSSR count). The minimum atomic E-state index is 0.445. The van der Waals surface area contributed by atoms with E-state index < -0.39 is 0 Å². The van der Waals surface area contributed by atoms with Crippen molar-refractivity contribution in [3.8, 4) is 5.75 Å². The first-order chi connectivity index (χ1) is 8.81. The molecule has 0 saturated carbocycles. The van der Waals surface area contributed by atoms with Gasteiger partial charge in [0, 0.05) is 6.54 Å². The number of hydrogen-bond acceptors (Lipinski definition) is 3. The Kier molecular flexibility index (Phi) is 5.02. The SMILES string of the molecule is O=Cc1c(Cl)cccc1OCCCN1CCCC1. The van der Waals surface area contributed by atoms with Gasteiger partial charge in [-0.05, 0) is 44.5 Å². The van der Waals surface area contributed by atoms with Gasteiger partial charge in [0.05, 0.1) is 17.2 Å². The summed E-state index contributed by atoms with van der Waals surface area (Å²) in [5, 5.41) is 0.446. The Morgan fingerprint density at radius 3 is 2.83 bits per heavy atom. The monoisotopic (exact) mass is 267 g/mol. The van der Waals surface area contributed by atoms with E-state index in [1.54, 1.807) is 18.2 Å². The van der Waals surface area contributed by atoms with Gasteiger partial charge in [-0.3, -0.25) is 4.79 Å². The molecule has 0 unspecified atom stereocenters. The largest absolute Gasteiger partial charge is 0.493 e. The lowest BCUT2D eigenvalue weighted by Crippen LogP contribution is -2.22. The summed E-state index contributed by atoms with van der Waals surface area (Å²) in [6, 6.07) is 5.28. The van der Waals surface area contributed by atoms with Crippen molar-refractivity contribution in [2.45, 2.75) is 19.3 Å². The second kappa shape index (κ2) is 6.76. The molecule has 18 heavy (non-hydrogen) atoms. The Morgan fingerprint density at radius 1 is 1.33 bits per heavy atom. The van der Waals surface area contributed by atoms with Gasteiger partial charge in [-0.15, -0.1) is 0 Å². The summed E-state index contributed by atoms with van der Waals surface area (Å²) >= 11 is 5.93. The molecule has 0 aliphatic carbocycles. The van der Waals surface area contributed by atoms with Crippen molar-refractivity contribution in [3.05, 3.63) is 28.8 Å². The van der Waals surface area contributed by atoms with Crippen LogP contribution in [0.15, 0.2) is 18.2 Å². The van der Waals surface area contributed by atoms with Crippen LogP contribution in [0.1, 0.15) is 29.6 Å². The maximum absolute atomic E-state index is 10.9.